The standard InChI is InChI=1S/C25H25ClN4OS/c1-16-12-19(29-11-10-20(14-29)28(2)3)8-9-22(16)30-15-27-21-13-23(32-24(21)25(30)31)17-4-6-18(26)7-5-17/h4-9,12-13,15,20H,10-11,14H2,1-3H3. The summed E-state index contributed by atoms with van der Waals surface area (Å²) in [4.78, 5) is 23.6. The lowest BCUT2D eigenvalue weighted by Gasteiger charge is -2.22. The molecule has 5 nitrogen and oxygen atoms in total. The number of anilines is 1. The Labute approximate surface area is 196 Å². The first-order chi connectivity index (χ1) is 15.4. The zero-order valence-electron chi connectivity index (χ0n) is 18.4. The lowest BCUT2D eigenvalue weighted by atomic mass is 10.1. The quantitative estimate of drug-likeness (QED) is 0.415. The van der Waals surface area contributed by atoms with Crippen molar-refractivity contribution in [3.63, 3.8) is 0 Å². The lowest BCUT2D eigenvalue weighted by Crippen LogP contribution is -2.31. The second-order valence-corrected chi connectivity index (χ2v) is 10.1. The van der Waals surface area contributed by atoms with Crippen LogP contribution < -0.4 is 10.5 Å². The summed E-state index contributed by atoms with van der Waals surface area (Å²) in [5.74, 6) is 0. The Morgan fingerprint density at radius 2 is 1.91 bits per heavy atom. The molecule has 0 amide bonds. The molecule has 2 aromatic carbocycles. The van der Waals surface area contributed by atoms with Crippen molar-refractivity contribution in [1.82, 2.24) is 14.5 Å². The van der Waals surface area contributed by atoms with Crippen molar-refractivity contribution in [3.05, 3.63) is 75.8 Å². The maximum absolute atomic E-state index is 13.3. The Hall–Kier alpha value is -2.67. The number of fused-ring (bicyclic) bond motifs is 1. The van der Waals surface area contributed by atoms with Gasteiger partial charge in [0.15, 0.2) is 0 Å². The lowest BCUT2D eigenvalue weighted by molar-refractivity contribution is 0.315. The molecule has 2 aromatic heterocycles. The molecule has 1 aliphatic rings. The maximum Gasteiger partial charge on any atom is 0.275 e. The van der Waals surface area contributed by atoms with Crippen molar-refractivity contribution < 1.29 is 0 Å². The van der Waals surface area contributed by atoms with Crippen LogP contribution in [-0.4, -0.2) is 47.7 Å². The molecule has 32 heavy (non-hydrogen) atoms. The van der Waals surface area contributed by atoms with Crippen molar-refractivity contribution in [2.75, 3.05) is 32.1 Å². The van der Waals surface area contributed by atoms with Crippen LogP contribution in [0.3, 0.4) is 0 Å². The summed E-state index contributed by atoms with van der Waals surface area (Å²) in [6.07, 6.45) is 2.81. The molecule has 0 N–H and O–H groups in total. The van der Waals surface area contributed by atoms with E-state index >= 15 is 0 Å². The van der Waals surface area contributed by atoms with E-state index in [9.17, 15) is 4.79 Å². The van der Waals surface area contributed by atoms with Gasteiger partial charge in [-0.05, 0) is 75.0 Å². The summed E-state index contributed by atoms with van der Waals surface area (Å²) in [7, 11) is 4.28. The van der Waals surface area contributed by atoms with E-state index in [1.54, 1.807) is 10.9 Å². The summed E-state index contributed by atoms with van der Waals surface area (Å²) in [6, 6.07) is 16.5. The van der Waals surface area contributed by atoms with Gasteiger partial charge in [-0.25, -0.2) is 4.98 Å². The Bertz CT molecular complexity index is 1340. The van der Waals surface area contributed by atoms with Crippen LogP contribution in [-0.2, 0) is 0 Å². The monoisotopic (exact) mass is 464 g/mol. The third kappa shape index (κ3) is 3.83. The molecule has 164 valence electrons. The van der Waals surface area contributed by atoms with Gasteiger partial charge in [0, 0.05) is 34.7 Å². The Morgan fingerprint density at radius 3 is 2.59 bits per heavy atom. The number of halogens is 1. The largest absolute Gasteiger partial charge is 0.370 e. The normalized spacial score (nSPS) is 16.4. The molecule has 0 radical (unpaired) electrons. The minimum Gasteiger partial charge on any atom is -0.370 e. The van der Waals surface area contributed by atoms with Gasteiger partial charge in [0.2, 0.25) is 0 Å². The Kier molecular flexibility index (Phi) is 5.53. The molecule has 0 aliphatic carbocycles. The fourth-order valence-electron chi connectivity index (χ4n) is 4.34. The molecule has 1 unspecified atom stereocenters. The molecular formula is C25H25ClN4OS. The zero-order chi connectivity index (χ0) is 22.4. The highest BCUT2D eigenvalue weighted by atomic mass is 35.5. The van der Waals surface area contributed by atoms with E-state index in [2.05, 4.69) is 47.9 Å². The molecule has 1 saturated heterocycles. The molecule has 3 heterocycles. The van der Waals surface area contributed by atoms with E-state index in [0.29, 0.717) is 15.8 Å². The number of hydrogen-bond acceptors (Lipinski definition) is 5. The highest BCUT2D eigenvalue weighted by Gasteiger charge is 2.24. The van der Waals surface area contributed by atoms with Crippen molar-refractivity contribution in [2.45, 2.75) is 19.4 Å². The molecule has 5 rings (SSSR count). The van der Waals surface area contributed by atoms with E-state index in [1.807, 2.05) is 36.4 Å². The van der Waals surface area contributed by atoms with E-state index in [0.717, 1.165) is 40.3 Å². The smallest absolute Gasteiger partial charge is 0.275 e. The van der Waals surface area contributed by atoms with Gasteiger partial charge in [0.25, 0.3) is 5.56 Å². The summed E-state index contributed by atoms with van der Waals surface area (Å²) >= 11 is 7.48. The van der Waals surface area contributed by atoms with Crippen LogP contribution in [0.5, 0.6) is 0 Å². The molecule has 7 heteroatoms. The number of likely N-dealkylation sites (N-methyl/N-ethyl adjacent to an activating group) is 1. The predicted molar refractivity (Wildman–Crippen MR) is 135 cm³/mol. The number of aromatic nitrogens is 2. The van der Waals surface area contributed by atoms with Gasteiger partial charge in [-0.15, -0.1) is 11.3 Å². The number of hydrogen-bond donors (Lipinski definition) is 0. The van der Waals surface area contributed by atoms with Crippen molar-refractivity contribution in [1.29, 1.82) is 0 Å². The third-order valence-electron chi connectivity index (χ3n) is 6.27. The molecule has 4 aromatic rings. The minimum absolute atomic E-state index is 0.0371. The fraction of sp³-hybridized carbons (Fsp3) is 0.280. The van der Waals surface area contributed by atoms with E-state index in [-0.39, 0.29) is 5.56 Å². The second kappa shape index (κ2) is 8.35. The SMILES string of the molecule is Cc1cc(N2CCC(N(C)C)C2)ccc1-n1cnc2cc(-c3ccc(Cl)cc3)sc2c1=O. The average Bonchev–Trinajstić information content (AvgIpc) is 3.43. The molecule has 0 spiro atoms. The number of rotatable bonds is 4. The topological polar surface area (TPSA) is 41.4 Å². The molecule has 1 fully saturated rings. The molecule has 1 atom stereocenters. The number of aryl methyl sites for hydroxylation is 1. The number of thiophene rings is 1. The van der Waals surface area contributed by atoms with Gasteiger partial charge >= 0.3 is 0 Å². The van der Waals surface area contributed by atoms with Crippen LogP contribution in [0.4, 0.5) is 5.69 Å². The fourth-order valence-corrected chi connectivity index (χ4v) is 5.52. The minimum atomic E-state index is -0.0371. The highest BCUT2D eigenvalue weighted by molar-refractivity contribution is 7.22. The zero-order valence-corrected chi connectivity index (χ0v) is 20.0. The maximum atomic E-state index is 13.3. The second-order valence-electron chi connectivity index (χ2n) is 8.57. The first-order valence-electron chi connectivity index (χ1n) is 10.7. The van der Waals surface area contributed by atoms with E-state index in [1.165, 1.54) is 23.4 Å². The molecular weight excluding hydrogens is 440 g/mol. The van der Waals surface area contributed by atoms with Crippen molar-refractivity contribution in [2.24, 2.45) is 0 Å². The number of benzene rings is 2. The highest BCUT2D eigenvalue weighted by Crippen LogP contribution is 2.32. The predicted octanol–water partition coefficient (Wildman–Crippen LogP) is 5.22. The summed E-state index contributed by atoms with van der Waals surface area (Å²) < 4.78 is 2.32. The van der Waals surface area contributed by atoms with Crippen molar-refractivity contribution >= 4 is 38.8 Å². The average molecular weight is 465 g/mol. The Morgan fingerprint density at radius 1 is 1.12 bits per heavy atom. The Balaban J connectivity index is 1.49. The third-order valence-corrected chi connectivity index (χ3v) is 7.68. The summed E-state index contributed by atoms with van der Waals surface area (Å²) in [5.41, 5.74) is 4.86. The number of nitrogens with zero attached hydrogens (tertiary/aromatic N) is 4. The van der Waals surface area contributed by atoms with Gasteiger partial charge in [-0.2, -0.15) is 0 Å². The van der Waals surface area contributed by atoms with Crippen LogP contribution in [0.2, 0.25) is 5.02 Å². The molecule has 0 saturated carbocycles. The van der Waals surface area contributed by atoms with E-state index < -0.39 is 0 Å². The summed E-state index contributed by atoms with van der Waals surface area (Å²) in [6.45, 7) is 4.14. The van der Waals surface area contributed by atoms with Gasteiger partial charge in [-0.3, -0.25) is 9.36 Å². The van der Waals surface area contributed by atoms with Gasteiger partial charge in [0.1, 0.15) is 11.0 Å². The van der Waals surface area contributed by atoms with E-state index in [4.69, 9.17) is 11.6 Å². The van der Waals surface area contributed by atoms with Gasteiger partial charge in [0.05, 0.1) is 11.2 Å². The van der Waals surface area contributed by atoms with Crippen LogP contribution in [0.1, 0.15) is 12.0 Å². The van der Waals surface area contributed by atoms with Crippen LogP contribution >= 0.6 is 22.9 Å². The molecule has 0 bridgehead atoms. The first-order valence-corrected chi connectivity index (χ1v) is 11.9. The first kappa shape index (κ1) is 21.2. The van der Waals surface area contributed by atoms with Crippen molar-refractivity contribution in [3.8, 4) is 16.1 Å². The van der Waals surface area contributed by atoms with Gasteiger partial charge in [-0.1, -0.05) is 23.7 Å². The summed E-state index contributed by atoms with van der Waals surface area (Å²) in [5, 5.41) is 0.695. The molecule has 1 aliphatic heterocycles. The van der Waals surface area contributed by atoms with Crippen LogP contribution in [0.15, 0.2) is 59.7 Å². The van der Waals surface area contributed by atoms with Crippen LogP contribution in [0, 0.1) is 6.92 Å². The van der Waals surface area contributed by atoms with Crippen LogP contribution in [0.25, 0.3) is 26.3 Å². The van der Waals surface area contributed by atoms with Gasteiger partial charge < -0.3 is 9.80 Å².